The zero-order valence-electron chi connectivity index (χ0n) is 18.7. The second kappa shape index (κ2) is 11.5. The summed E-state index contributed by atoms with van der Waals surface area (Å²) in [5.74, 6) is 0. The van der Waals surface area contributed by atoms with Crippen LogP contribution in [0.4, 0.5) is 0 Å². The molecule has 0 aromatic heterocycles. The number of benzene rings is 1. The molecular weight excluding hydrogens is 332 g/mol. The van der Waals surface area contributed by atoms with Gasteiger partial charge in [0.15, 0.2) is 0 Å². The maximum atomic E-state index is 10.5. The highest BCUT2D eigenvalue weighted by Crippen LogP contribution is 2.23. The van der Waals surface area contributed by atoms with Crippen molar-refractivity contribution in [2.45, 2.75) is 111 Å². The fraction of sp³-hybridized carbons (Fsp3) is 0.720. The van der Waals surface area contributed by atoms with Crippen LogP contribution in [-0.4, -0.2) is 12.1 Å². The summed E-state index contributed by atoms with van der Waals surface area (Å²) in [6, 6.07) is 7.10. The predicted molar refractivity (Wildman–Crippen MR) is 116 cm³/mol. The molecule has 0 saturated carbocycles. The summed E-state index contributed by atoms with van der Waals surface area (Å²) in [5.41, 5.74) is 4.50. The van der Waals surface area contributed by atoms with Crippen LogP contribution in [0.5, 0.6) is 0 Å². The highest BCUT2D eigenvalue weighted by molar-refractivity contribution is 5.38. The van der Waals surface area contributed by atoms with E-state index in [0.29, 0.717) is 11.9 Å². The molecule has 0 aliphatic rings. The first-order valence-electron chi connectivity index (χ1n) is 10.8. The molecule has 0 saturated heterocycles. The second-order valence-corrected chi connectivity index (χ2v) is 9.98. The Balaban J connectivity index is 2.33. The molecule has 0 fully saturated rings. The number of hydrogen-bond donors (Lipinski definition) is 0. The standard InChI is InChI=1S/C25H42O2/c1-21-17-22(13-9-7-11-15-24(2,3)4)19-23(18-21)14-10-8-12-16-25(5,6)27-20-26/h17-20H,7-16H2,1-6H3. The van der Waals surface area contributed by atoms with Gasteiger partial charge in [0.1, 0.15) is 5.60 Å². The Kier molecular flexibility index (Phi) is 10.1. The van der Waals surface area contributed by atoms with Gasteiger partial charge < -0.3 is 4.74 Å². The molecule has 0 aliphatic heterocycles. The van der Waals surface area contributed by atoms with Gasteiger partial charge in [-0.1, -0.05) is 63.8 Å². The Bertz CT molecular complexity index is 552. The van der Waals surface area contributed by atoms with E-state index in [4.69, 9.17) is 4.74 Å². The summed E-state index contributed by atoms with van der Waals surface area (Å²) >= 11 is 0. The van der Waals surface area contributed by atoms with E-state index in [0.717, 1.165) is 19.3 Å². The van der Waals surface area contributed by atoms with Crippen molar-refractivity contribution in [1.29, 1.82) is 0 Å². The first kappa shape index (κ1) is 23.7. The number of carbonyl (C=O) groups excluding carboxylic acids is 1. The van der Waals surface area contributed by atoms with Crippen molar-refractivity contribution < 1.29 is 9.53 Å². The third-order valence-electron chi connectivity index (χ3n) is 5.20. The third kappa shape index (κ3) is 11.9. The van der Waals surface area contributed by atoms with Gasteiger partial charge in [-0.25, -0.2) is 0 Å². The van der Waals surface area contributed by atoms with Gasteiger partial charge in [0.05, 0.1) is 0 Å². The number of carbonyl (C=O) groups is 1. The van der Waals surface area contributed by atoms with Gasteiger partial charge in [0.2, 0.25) is 0 Å². The van der Waals surface area contributed by atoms with Gasteiger partial charge in [0.25, 0.3) is 6.47 Å². The van der Waals surface area contributed by atoms with Crippen molar-refractivity contribution in [2.24, 2.45) is 5.41 Å². The van der Waals surface area contributed by atoms with Crippen LogP contribution in [-0.2, 0) is 22.4 Å². The zero-order chi connectivity index (χ0) is 20.3. The van der Waals surface area contributed by atoms with Crippen LogP contribution in [0.1, 0.15) is 103 Å². The quantitative estimate of drug-likeness (QED) is 0.269. The highest BCUT2D eigenvalue weighted by Gasteiger charge is 2.17. The minimum absolute atomic E-state index is 0.328. The van der Waals surface area contributed by atoms with Crippen LogP contribution in [0.2, 0.25) is 0 Å². The Morgan fingerprint density at radius 1 is 0.778 bits per heavy atom. The maximum absolute atomic E-state index is 10.5. The van der Waals surface area contributed by atoms with Crippen molar-refractivity contribution in [2.75, 3.05) is 0 Å². The van der Waals surface area contributed by atoms with E-state index < -0.39 is 0 Å². The van der Waals surface area contributed by atoms with Crippen LogP contribution in [0.25, 0.3) is 0 Å². The van der Waals surface area contributed by atoms with Gasteiger partial charge in [-0.15, -0.1) is 0 Å². The third-order valence-corrected chi connectivity index (χ3v) is 5.20. The second-order valence-electron chi connectivity index (χ2n) is 9.98. The lowest BCUT2D eigenvalue weighted by molar-refractivity contribution is -0.140. The van der Waals surface area contributed by atoms with Crippen LogP contribution >= 0.6 is 0 Å². The maximum Gasteiger partial charge on any atom is 0.293 e. The molecule has 0 N–H and O–H groups in total. The minimum Gasteiger partial charge on any atom is -0.462 e. The molecule has 0 radical (unpaired) electrons. The van der Waals surface area contributed by atoms with E-state index in [1.54, 1.807) is 0 Å². The summed E-state index contributed by atoms with van der Waals surface area (Å²) < 4.78 is 5.12. The fourth-order valence-corrected chi connectivity index (χ4v) is 3.64. The van der Waals surface area contributed by atoms with Crippen LogP contribution in [0.15, 0.2) is 18.2 Å². The number of ether oxygens (including phenoxy) is 1. The molecule has 1 aromatic rings. The Morgan fingerprint density at radius 2 is 1.30 bits per heavy atom. The molecule has 27 heavy (non-hydrogen) atoms. The molecule has 2 nitrogen and oxygen atoms in total. The van der Waals surface area contributed by atoms with Crippen molar-refractivity contribution in [1.82, 2.24) is 0 Å². The molecule has 0 heterocycles. The van der Waals surface area contributed by atoms with E-state index in [2.05, 4.69) is 45.9 Å². The van der Waals surface area contributed by atoms with Gasteiger partial charge in [0, 0.05) is 0 Å². The highest BCUT2D eigenvalue weighted by atomic mass is 16.5. The summed E-state index contributed by atoms with van der Waals surface area (Å²) in [7, 11) is 0. The van der Waals surface area contributed by atoms with Crippen molar-refractivity contribution in [3.05, 3.63) is 34.9 Å². The summed E-state index contributed by atoms with van der Waals surface area (Å²) in [6.45, 7) is 13.7. The monoisotopic (exact) mass is 374 g/mol. The van der Waals surface area contributed by atoms with E-state index in [1.165, 1.54) is 61.6 Å². The lowest BCUT2D eigenvalue weighted by Crippen LogP contribution is -2.23. The molecule has 0 unspecified atom stereocenters. The summed E-state index contributed by atoms with van der Waals surface area (Å²) in [4.78, 5) is 10.5. The summed E-state index contributed by atoms with van der Waals surface area (Å²) in [5, 5.41) is 0. The van der Waals surface area contributed by atoms with Gasteiger partial charge in [-0.05, 0) is 82.3 Å². The molecule has 2 heteroatoms. The molecule has 0 atom stereocenters. The largest absolute Gasteiger partial charge is 0.462 e. The van der Waals surface area contributed by atoms with Gasteiger partial charge in [-0.2, -0.15) is 0 Å². The normalized spacial score (nSPS) is 12.2. The first-order valence-corrected chi connectivity index (χ1v) is 10.8. The molecule has 1 aromatic carbocycles. The number of hydrogen-bond acceptors (Lipinski definition) is 2. The molecule has 0 spiro atoms. The van der Waals surface area contributed by atoms with E-state index in [1.807, 2.05) is 13.8 Å². The zero-order valence-corrected chi connectivity index (χ0v) is 18.7. The van der Waals surface area contributed by atoms with E-state index in [-0.39, 0.29) is 5.60 Å². The molecule has 0 aliphatic carbocycles. The van der Waals surface area contributed by atoms with Gasteiger partial charge in [-0.3, -0.25) is 4.79 Å². The Hall–Kier alpha value is -1.31. The average Bonchev–Trinajstić information content (AvgIpc) is 2.52. The van der Waals surface area contributed by atoms with Crippen LogP contribution in [0.3, 0.4) is 0 Å². The topological polar surface area (TPSA) is 26.3 Å². The first-order chi connectivity index (χ1) is 12.6. The van der Waals surface area contributed by atoms with E-state index in [9.17, 15) is 4.79 Å². The smallest absolute Gasteiger partial charge is 0.293 e. The van der Waals surface area contributed by atoms with Crippen molar-refractivity contribution >= 4 is 6.47 Å². The molecule has 0 bridgehead atoms. The average molecular weight is 375 g/mol. The van der Waals surface area contributed by atoms with Crippen molar-refractivity contribution in [3.8, 4) is 0 Å². The Morgan fingerprint density at radius 3 is 1.78 bits per heavy atom. The lowest BCUT2D eigenvalue weighted by Gasteiger charge is -2.22. The number of rotatable bonds is 13. The minimum atomic E-state index is -0.328. The molecule has 0 amide bonds. The molecule has 1 rings (SSSR count). The summed E-state index contributed by atoms with van der Waals surface area (Å²) in [6.07, 6.45) is 12.1. The Labute approximate surface area is 168 Å². The van der Waals surface area contributed by atoms with E-state index >= 15 is 0 Å². The molecule has 154 valence electrons. The lowest BCUT2D eigenvalue weighted by atomic mass is 9.89. The predicted octanol–water partition coefficient (Wildman–Crippen LogP) is 7.20. The van der Waals surface area contributed by atoms with Crippen molar-refractivity contribution in [3.63, 3.8) is 0 Å². The van der Waals surface area contributed by atoms with Crippen LogP contribution in [0, 0.1) is 12.3 Å². The SMILES string of the molecule is Cc1cc(CCCCCC(C)(C)C)cc(CCCCCC(C)(C)OC=O)c1. The number of aryl methyl sites for hydroxylation is 3. The number of unbranched alkanes of at least 4 members (excludes halogenated alkanes) is 4. The van der Waals surface area contributed by atoms with Gasteiger partial charge >= 0.3 is 0 Å². The fourth-order valence-electron chi connectivity index (χ4n) is 3.64. The molecular formula is C25H42O2. The van der Waals surface area contributed by atoms with Crippen LogP contribution < -0.4 is 0 Å².